The van der Waals surface area contributed by atoms with Gasteiger partial charge in [-0.2, -0.15) is 21.6 Å². The monoisotopic (exact) mass is 666 g/mol. The molecule has 7 rings (SSSR count). The van der Waals surface area contributed by atoms with E-state index in [2.05, 4.69) is 12.1 Å². The van der Waals surface area contributed by atoms with Crippen molar-refractivity contribution in [3.63, 3.8) is 0 Å². The zero-order valence-corrected chi connectivity index (χ0v) is 26.1. The predicted molar refractivity (Wildman–Crippen MR) is 184 cm³/mol. The van der Waals surface area contributed by atoms with Gasteiger partial charge in [-0.05, 0) is 72.8 Å². The van der Waals surface area contributed by atoms with E-state index in [9.17, 15) is 21.6 Å². The molecule has 0 N–H and O–H groups in total. The van der Waals surface area contributed by atoms with Crippen LogP contribution in [0, 0.1) is 0 Å². The van der Waals surface area contributed by atoms with Gasteiger partial charge in [-0.3, -0.25) is 0 Å². The highest BCUT2D eigenvalue weighted by Gasteiger charge is 2.49. The molecule has 0 aliphatic rings. The second-order valence-corrected chi connectivity index (χ2v) is 13.2. The lowest BCUT2D eigenvalue weighted by atomic mass is 10.1. The first-order valence-corrected chi connectivity index (χ1v) is 16.7. The SMILES string of the molecule is O=S(=O)(Oc1cccc(N(c2ccccc2)c2ccc3sc4ccccc4c3c2)c1N(c1ccccc1)c1ccccc1)C(F)(F)F. The van der Waals surface area contributed by atoms with Crippen molar-refractivity contribution in [1.82, 2.24) is 0 Å². The van der Waals surface area contributed by atoms with E-state index in [-0.39, 0.29) is 5.69 Å². The van der Waals surface area contributed by atoms with Gasteiger partial charge in [0.1, 0.15) is 5.69 Å². The maximum Gasteiger partial charge on any atom is 0.534 e. The van der Waals surface area contributed by atoms with Crippen molar-refractivity contribution in [3.8, 4) is 5.75 Å². The number of hydrogen-bond acceptors (Lipinski definition) is 6. The minimum absolute atomic E-state index is 0.0943. The second-order valence-electron chi connectivity index (χ2n) is 10.6. The first-order chi connectivity index (χ1) is 22.7. The fourth-order valence-corrected chi connectivity index (χ4v) is 7.12. The molecule has 1 heterocycles. The summed E-state index contributed by atoms with van der Waals surface area (Å²) in [4.78, 5) is 3.60. The van der Waals surface area contributed by atoms with Crippen molar-refractivity contribution in [2.45, 2.75) is 5.51 Å². The topological polar surface area (TPSA) is 49.9 Å². The summed E-state index contributed by atoms with van der Waals surface area (Å²) in [6.45, 7) is 0. The van der Waals surface area contributed by atoms with E-state index in [0.717, 1.165) is 20.2 Å². The minimum Gasteiger partial charge on any atom is -0.374 e. The Labute approximate surface area is 273 Å². The van der Waals surface area contributed by atoms with Gasteiger partial charge in [0.05, 0.1) is 5.69 Å². The van der Waals surface area contributed by atoms with E-state index in [0.29, 0.717) is 28.4 Å². The maximum absolute atomic E-state index is 13.8. The highest BCUT2D eigenvalue weighted by atomic mass is 32.2. The largest absolute Gasteiger partial charge is 0.534 e. The van der Waals surface area contributed by atoms with Gasteiger partial charge in [-0.1, -0.05) is 78.9 Å². The number of anilines is 6. The number of alkyl halides is 3. The fraction of sp³-hybridized carbons (Fsp3) is 0.0270. The first-order valence-electron chi connectivity index (χ1n) is 14.5. The van der Waals surface area contributed by atoms with Crippen molar-refractivity contribution in [1.29, 1.82) is 0 Å². The number of fused-ring (bicyclic) bond motifs is 3. The third-order valence-electron chi connectivity index (χ3n) is 7.59. The molecule has 0 saturated heterocycles. The van der Waals surface area contributed by atoms with Gasteiger partial charge < -0.3 is 14.0 Å². The Morgan fingerprint density at radius 3 is 1.66 bits per heavy atom. The number of thiophene rings is 1. The molecule has 0 unspecified atom stereocenters. The number of para-hydroxylation sites is 4. The Kier molecular flexibility index (Phi) is 7.83. The molecular formula is C37H25F3N2O3S2. The summed E-state index contributed by atoms with van der Waals surface area (Å²) in [5, 5.41) is 2.09. The highest BCUT2D eigenvalue weighted by molar-refractivity contribution is 7.88. The molecule has 0 atom stereocenters. The van der Waals surface area contributed by atoms with Crippen LogP contribution in [0.5, 0.6) is 5.75 Å². The number of hydrogen-bond donors (Lipinski definition) is 0. The lowest BCUT2D eigenvalue weighted by Crippen LogP contribution is -2.29. The smallest absolute Gasteiger partial charge is 0.374 e. The van der Waals surface area contributed by atoms with Gasteiger partial charge in [0.2, 0.25) is 0 Å². The molecule has 0 fully saturated rings. The molecule has 1 aromatic heterocycles. The molecule has 0 spiro atoms. The van der Waals surface area contributed by atoms with Crippen LogP contribution in [0.2, 0.25) is 0 Å². The van der Waals surface area contributed by atoms with Gasteiger partial charge in [0, 0.05) is 42.9 Å². The van der Waals surface area contributed by atoms with E-state index in [1.807, 2.05) is 77.7 Å². The van der Waals surface area contributed by atoms with E-state index >= 15 is 0 Å². The van der Waals surface area contributed by atoms with Gasteiger partial charge >= 0.3 is 15.6 Å². The molecule has 234 valence electrons. The molecule has 0 bridgehead atoms. The predicted octanol–water partition coefficient (Wildman–Crippen LogP) is 11.2. The second kappa shape index (κ2) is 12.1. The maximum atomic E-state index is 13.8. The minimum atomic E-state index is -6.03. The molecule has 7 aromatic rings. The van der Waals surface area contributed by atoms with Crippen molar-refractivity contribution < 1.29 is 25.8 Å². The van der Waals surface area contributed by atoms with Crippen LogP contribution in [0.15, 0.2) is 152 Å². The standard InChI is InChI=1S/C37H25F3N2O3S2/c38-37(39,40)47(43,44)45-33-21-12-20-32(36(33)42(27-15-6-2-7-16-27)28-17-8-3-9-18-28)41(26-13-4-1-5-14-26)29-23-24-35-31(25-29)30-19-10-11-22-34(30)46-35/h1-25H. The number of benzene rings is 6. The molecule has 5 nitrogen and oxygen atoms in total. The third kappa shape index (κ3) is 5.77. The number of halogens is 3. The van der Waals surface area contributed by atoms with Crippen LogP contribution in [0.3, 0.4) is 0 Å². The summed E-state index contributed by atoms with van der Waals surface area (Å²) in [7, 11) is -6.03. The molecule has 47 heavy (non-hydrogen) atoms. The Morgan fingerprint density at radius 2 is 1.06 bits per heavy atom. The van der Waals surface area contributed by atoms with E-state index in [4.69, 9.17) is 4.18 Å². The number of rotatable bonds is 8. The summed E-state index contributed by atoms with van der Waals surface area (Å²) in [6, 6.07) is 45.9. The molecular weight excluding hydrogens is 642 g/mol. The summed E-state index contributed by atoms with van der Waals surface area (Å²) in [5.41, 5.74) is -2.60. The first kappa shape index (κ1) is 30.3. The van der Waals surface area contributed by atoms with Gasteiger partial charge in [0.15, 0.2) is 5.75 Å². The quantitative estimate of drug-likeness (QED) is 0.119. The normalized spacial score (nSPS) is 11.9. The average molecular weight is 667 g/mol. The Balaban J connectivity index is 1.55. The lowest BCUT2D eigenvalue weighted by molar-refractivity contribution is -0.0499. The molecule has 0 amide bonds. The van der Waals surface area contributed by atoms with Crippen molar-refractivity contribution in [2.75, 3.05) is 9.80 Å². The Hall–Kier alpha value is -5.32. The van der Waals surface area contributed by atoms with Crippen molar-refractivity contribution in [2.24, 2.45) is 0 Å². The highest BCUT2D eigenvalue weighted by Crippen LogP contribution is 2.51. The summed E-state index contributed by atoms with van der Waals surface area (Å²) in [6.07, 6.45) is 0. The van der Waals surface area contributed by atoms with E-state index < -0.39 is 21.4 Å². The Morgan fingerprint density at radius 1 is 0.532 bits per heavy atom. The molecule has 0 aliphatic carbocycles. The summed E-state index contributed by atoms with van der Waals surface area (Å²) >= 11 is 1.67. The molecule has 10 heteroatoms. The van der Waals surface area contributed by atoms with E-state index in [1.54, 1.807) is 70.8 Å². The Bertz CT molecular complexity index is 2260. The van der Waals surface area contributed by atoms with Crippen LogP contribution in [0.4, 0.5) is 47.3 Å². The fourth-order valence-electron chi connectivity index (χ4n) is 5.57. The zero-order chi connectivity index (χ0) is 32.6. The molecule has 0 radical (unpaired) electrons. The van der Waals surface area contributed by atoms with Crippen molar-refractivity contribution >= 4 is 75.8 Å². The van der Waals surface area contributed by atoms with Gasteiger partial charge in [-0.25, -0.2) is 0 Å². The zero-order valence-electron chi connectivity index (χ0n) is 24.5. The van der Waals surface area contributed by atoms with Crippen LogP contribution in [0.1, 0.15) is 0 Å². The summed E-state index contributed by atoms with van der Waals surface area (Å²) < 4.78 is 73.7. The van der Waals surface area contributed by atoms with Crippen LogP contribution >= 0.6 is 11.3 Å². The summed E-state index contributed by atoms with van der Waals surface area (Å²) in [5.74, 6) is -0.490. The van der Waals surface area contributed by atoms with Crippen LogP contribution in [0.25, 0.3) is 20.2 Å². The molecule has 6 aromatic carbocycles. The van der Waals surface area contributed by atoms with E-state index in [1.165, 1.54) is 12.1 Å². The number of nitrogens with zero attached hydrogens (tertiary/aromatic N) is 2. The lowest BCUT2D eigenvalue weighted by Gasteiger charge is -2.34. The third-order valence-corrected chi connectivity index (χ3v) is 9.70. The average Bonchev–Trinajstić information content (AvgIpc) is 3.45. The van der Waals surface area contributed by atoms with Gasteiger partial charge in [-0.15, -0.1) is 11.3 Å². The van der Waals surface area contributed by atoms with Gasteiger partial charge in [0.25, 0.3) is 0 Å². The van der Waals surface area contributed by atoms with Crippen LogP contribution in [-0.4, -0.2) is 13.9 Å². The van der Waals surface area contributed by atoms with Crippen LogP contribution in [-0.2, 0) is 10.1 Å². The van der Waals surface area contributed by atoms with Crippen LogP contribution < -0.4 is 14.0 Å². The molecule has 0 saturated carbocycles. The van der Waals surface area contributed by atoms with Crippen molar-refractivity contribution in [3.05, 3.63) is 152 Å². The molecule has 0 aliphatic heterocycles.